The molecule has 1 atom stereocenters. The summed E-state index contributed by atoms with van der Waals surface area (Å²) in [5, 5.41) is 8.70. The predicted octanol–water partition coefficient (Wildman–Crippen LogP) is 2.60. The highest BCUT2D eigenvalue weighted by Gasteiger charge is 2.13. The first-order chi connectivity index (χ1) is 10.7. The Bertz CT molecular complexity index is 886. The number of sulfone groups is 1. The second-order valence-electron chi connectivity index (χ2n) is 5.50. The first kappa shape index (κ1) is 17.1. The minimum Gasteiger partial charge on any atom is -0.316 e. The summed E-state index contributed by atoms with van der Waals surface area (Å²) in [5.74, 6) is -0.432. The summed E-state index contributed by atoms with van der Waals surface area (Å²) in [7, 11) is -3.28. The zero-order valence-corrected chi connectivity index (χ0v) is 13.7. The molecule has 0 saturated heterocycles. The number of aryl methyl sites for hydroxylation is 1. The Labute approximate surface area is 135 Å². The predicted molar refractivity (Wildman–Crippen MR) is 87.0 cm³/mol. The van der Waals surface area contributed by atoms with Gasteiger partial charge in [-0.05, 0) is 41.3 Å². The van der Waals surface area contributed by atoms with Gasteiger partial charge in [-0.25, -0.2) is 12.8 Å². The lowest BCUT2D eigenvalue weighted by Gasteiger charge is -2.10. The molecule has 23 heavy (non-hydrogen) atoms. The summed E-state index contributed by atoms with van der Waals surface area (Å²) in [6, 6.07) is 10.7. The minimum atomic E-state index is -3.28. The van der Waals surface area contributed by atoms with Crippen LogP contribution in [0.4, 0.5) is 4.39 Å². The van der Waals surface area contributed by atoms with Crippen LogP contribution >= 0.6 is 0 Å². The monoisotopic (exact) mass is 332 g/mol. The van der Waals surface area contributed by atoms with Crippen molar-refractivity contribution in [1.82, 2.24) is 0 Å². The van der Waals surface area contributed by atoms with Crippen LogP contribution in [0.25, 0.3) is 11.1 Å². The summed E-state index contributed by atoms with van der Waals surface area (Å²) in [6.45, 7) is 1.70. The van der Waals surface area contributed by atoms with Crippen LogP contribution in [-0.4, -0.2) is 20.7 Å². The van der Waals surface area contributed by atoms with E-state index in [-0.39, 0.29) is 11.3 Å². The molecule has 2 N–H and O–H groups in total. The number of hydrogen-bond donors (Lipinski definition) is 1. The molecule has 0 aliphatic carbocycles. The van der Waals surface area contributed by atoms with E-state index in [1.165, 1.54) is 12.1 Å². The molecule has 0 aromatic heterocycles. The molecular formula is C17H17FN2O2S. The van der Waals surface area contributed by atoms with Gasteiger partial charge in [0.05, 0.1) is 17.0 Å². The van der Waals surface area contributed by atoms with E-state index < -0.39 is 21.7 Å². The molecule has 0 heterocycles. The fourth-order valence-corrected chi connectivity index (χ4v) is 3.38. The third kappa shape index (κ3) is 3.95. The molecule has 0 saturated carbocycles. The van der Waals surface area contributed by atoms with Crippen LogP contribution in [0.2, 0.25) is 0 Å². The van der Waals surface area contributed by atoms with Crippen molar-refractivity contribution in [2.24, 2.45) is 5.73 Å². The largest absolute Gasteiger partial charge is 0.316 e. The molecular weight excluding hydrogens is 315 g/mol. The highest BCUT2D eigenvalue weighted by Crippen LogP contribution is 2.26. The Morgan fingerprint density at radius 1 is 1.22 bits per heavy atom. The first-order valence-corrected chi connectivity index (χ1v) is 8.86. The summed E-state index contributed by atoms with van der Waals surface area (Å²) < 4.78 is 37.4. The quantitative estimate of drug-likeness (QED) is 0.933. The number of rotatable bonds is 4. The zero-order chi connectivity index (χ0) is 17.2. The van der Waals surface area contributed by atoms with Crippen LogP contribution in [0.1, 0.15) is 11.1 Å². The molecule has 0 spiro atoms. The van der Waals surface area contributed by atoms with E-state index in [1.807, 2.05) is 6.07 Å². The van der Waals surface area contributed by atoms with Gasteiger partial charge in [0.1, 0.15) is 5.82 Å². The molecule has 0 amide bonds. The Kier molecular flexibility index (Phi) is 4.83. The second-order valence-corrected chi connectivity index (χ2v) is 7.48. The van der Waals surface area contributed by atoms with Gasteiger partial charge >= 0.3 is 0 Å². The number of nitrogens with two attached hydrogens (primary N) is 1. The second kappa shape index (κ2) is 6.49. The standard InChI is InChI=1S/C17H17FN2O2S/c1-11-7-12(5-6-17(11)23(2,21)22)13-3-4-14(16(18)9-13)8-15(20)10-19/h3-7,9,15H,8,20H2,1-2H3/t15-/m0/s1. The zero-order valence-electron chi connectivity index (χ0n) is 12.9. The molecule has 2 rings (SSSR count). The normalized spacial score (nSPS) is 12.7. The molecule has 0 fully saturated rings. The summed E-state index contributed by atoms with van der Waals surface area (Å²) >= 11 is 0. The van der Waals surface area contributed by atoms with Crippen LogP contribution < -0.4 is 5.73 Å². The van der Waals surface area contributed by atoms with Gasteiger partial charge in [0.25, 0.3) is 0 Å². The number of hydrogen-bond acceptors (Lipinski definition) is 4. The third-order valence-corrected chi connectivity index (χ3v) is 4.82. The van der Waals surface area contributed by atoms with Crippen molar-refractivity contribution in [3.8, 4) is 17.2 Å². The van der Waals surface area contributed by atoms with E-state index in [4.69, 9.17) is 11.0 Å². The van der Waals surface area contributed by atoms with E-state index in [0.29, 0.717) is 16.7 Å². The average molecular weight is 332 g/mol. The van der Waals surface area contributed by atoms with Gasteiger partial charge < -0.3 is 5.73 Å². The Morgan fingerprint density at radius 2 is 1.83 bits per heavy atom. The van der Waals surface area contributed by atoms with E-state index >= 15 is 0 Å². The van der Waals surface area contributed by atoms with Gasteiger partial charge in [0, 0.05) is 12.7 Å². The number of halogens is 1. The Hall–Kier alpha value is -2.23. The van der Waals surface area contributed by atoms with Crippen LogP contribution in [0.3, 0.4) is 0 Å². The van der Waals surface area contributed by atoms with Gasteiger partial charge in [-0.15, -0.1) is 0 Å². The minimum absolute atomic E-state index is 0.147. The van der Waals surface area contributed by atoms with Gasteiger partial charge in [0.2, 0.25) is 0 Å². The van der Waals surface area contributed by atoms with Crippen LogP contribution in [0.15, 0.2) is 41.3 Å². The fraction of sp³-hybridized carbons (Fsp3) is 0.235. The maximum atomic E-state index is 14.1. The van der Waals surface area contributed by atoms with Gasteiger partial charge in [-0.1, -0.05) is 24.3 Å². The van der Waals surface area contributed by atoms with Crippen LogP contribution in [0.5, 0.6) is 0 Å². The van der Waals surface area contributed by atoms with Crippen molar-refractivity contribution in [3.05, 3.63) is 53.3 Å². The van der Waals surface area contributed by atoms with Crippen LogP contribution in [0, 0.1) is 24.1 Å². The number of benzene rings is 2. The Balaban J connectivity index is 2.39. The van der Waals surface area contributed by atoms with Crippen LogP contribution in [-0.2, 0) is 16.3 Å². The molecule has 4 nitrogen and oxygen atoms in total. The van der Waals surface area contributed by atoms with Crippen molar-refractivity contribution in [3.63, 3.8) is 0 Å². The van der Waals surface area contributed by atoms with Crippen molar-refractivity contribution >= 4 is 9.84 Å². The highest BCUT2D eigenvalue weighted by molar-refractivity contribution is 7.90. The molecule has 0 radical (unpaired) electrons. The fourth-order valence-electron chi connectivity index (χ4n) is 2.42. The molecule has 2 aromatic carbocycles. The average Bonchev–Trinajstić information content (AvgIpc) is 2.47. The molecule has 2 aromatic rings. The van der Waals surface area contributed by atoms with Crippen molar-refractivity contribution in [2.45, 2.75) is 24.3 Å². The van der Waals surface area contributed by atoms with Gasteiger partial charge in [-0.3, -0.25) is 0 Å². The summed E-state index contributed by atoms with van der Waals surface area (Å²) in [4.78, 5) is 0.262. The lowest BCUT2D eigenvalue weighted by molar-refractivity contribution is 0.601. The molecule has 0 aliphatic heterocycles. The van der Waals surface area contributed by atoms with E-state index in [9.17, 15) is 12.8 Å². The summed E-state index contributed by atoms with van der Waals surface area (Å²) in [5.41, 5.74) is 7.88. The van der Waals surface area contributed by atoms with Gasteiger partial charge in [-0.2, -0.15) is 5.26 Å². The van der Waals surface area contributed by atoms with Crippen molar-refractivity contribution in [1.29, 1.82) is 5.26 Å². The maximum Gasteiger partial charge on any atom is 0.175 e. The molecule has 120 valence electrons. The Morgan fingerprint density at radius 3 is 2.35 bits per heavy atom. The molecule has 0 aliphatic rings. The molecule has 6 heteroatoms. The van der Waals surface area contributed by atoms with Crippen molar-refractivity contribution in [2.75, 3.05) is 6.26 Å². The third-order valence-electron chi connectivity index (χ3n) is 3.57. The first-order valence-electron chi connectivity index (χ1n) is 6.97. The number of nitriles is 1. The molecule has 0 bridgehead atoms. The highest BCUT2D eigenvalue weighted by atomic mass is 32.2. The van der Waals surface area contributed by atoms with E-state index in [1.54, 1.807) is 31.2 Å². The lowest BCUT2D eigenvalue weighted by atomic mass is 9.99. The van der Waals surface area contributed by atoms with E-state index in [0.717, 1.165) is 11.8 Å². The van der Waals surface area contributed by atoms with Gasteiger partial charge in [0.15, 0.2) is 9.84 Å². The summed E-state index contributed by atoms with van der Waals surface area (Å²) in [6.07, 6.45) is 1.30. The SMILES string of the molecule is Cc1cc(-c2ccc(C[C@H](N)C#N)c(F)c2)ccc1S(C)(=O)=O. The maximum absolute atomic E-state index is 14.1. The topological polar surface area (TPSA) is 83.9 Å². The smallest absolute Gasteiger partial charge is 0.175 e. The molecule has 0 unspecified atom stereocenters. The van der Waals surface area contributed by atoms with Crippen molar-refractivity contribution < 1.29 is 12.8 Å². The number of nitrogens with zero attached hydrogens (tertiary/aromatic N) is 1. The lowest BCUT2D eigenvalue weighted by Crippen LogP contribution is -2.20. The van der Waals surface area contributed by atoms with E-state index in [2.05, 4.69) is 0 Å².